The van der Waals surface area contributed by atoms with E-state index in [4.69, 9.17) is 0 Å². The Morgan fingerprint density at radius 2 is 2.00 bits per heavy atom. The van der Waals surface area contributed by atoms with Crippen molar-refractivity contribution in [1.29, 1.82) is 0 Å². The average Bonchev–Trinajstić information content (AvgIpc) is 3.50. The minimum Gasteiger partial charge on any atom is -0.331 e. The van der Waals surface area contributed by atoms with Gasteiger partial charge in [-0.3, -0.25) is 14.9 Å². The molecule has 4 rings (SSSR count). The summed E-state index contributed by atoms with van der Waals surface area (Å²) in [6, 6.07) is 12.9. The largest absolute Gasteiger partial charge is 0.331 e. The lowest BCUT2D eigenvalue weighted by Crippen LogP contribution is -2.32. The molecule has 1 fully saturated rings. The van der Waals surface area contributed by atoms with Gasteiger partial charge in [-0.25, -0.2) is 0 Å². The number of amides is 1. The lowest BCUT2D eigenvalue weighted by molar-refractivity contribution is -0.387. The summed E-state index contributed by atoms with van der Waals surface area (Å²) in [5, 5.41) is 20.0. The summed E-state index contributed by atoms with van der Waals surface area (Å²) in [4.78, 5) is 26.7. The van der Waals surface area contributed by atoms with Crippen molar-refractivity contribution in [3.63, 3.8) is 0 Å². The molecule has 3 aromatic rings. The number of hydrogen-bond acceptors (Lipinski definition) is 6. The summed E-state index contributed by atoms with van der Waals surface area (Å²) in [6.07, 6.45) is 3.45. The molecule has 1 aromatic heterocycles. The standard InChI is InChI=1S/C21H21N5O3S/c1-14-3-5-15(6-4-14)12-25(17-8-9-17)20(27)16-7-10-19(18(11-16)26(28)29)30-21-23-22-13-24(21)2/h3-7,10-11,13,17H,8-9,12H2,1-2H3. The van der Waals surface area contributed by atoms with E-state index in [1.807, 2.05) is 36.1 Å². The summed E-state index contributed by atoms with van der Waals surface area (Å²) in [5.41, 5.74) is 2.42. The summed E-state index contributed by atoms with van der Waals surface area (Å²) >= 11 is 1.15. The number of hydrogen-bond donors (Lipinski definition) is 0. The number of carbonyl (C=O) groups excluding carboxylic acids is 1. The Bertz CT molecular complexity index is 1090. The number of aromatic nitrogens is 3. The Kier molecular flexibility index (Phi) is 5.54. The molecule has 0 unspecified atom stereocenters. The smallest absolute Gasteiger partial charge is 0.284 e. The molecule has 1 saturated carbocycles. The number of rotatable bonds is 7. The van der Waals surface area contributed by atoms with E-state index in [-0.39, 0.29) is 17.6 Å². The second-order valence-electron chi connectivity index (χ2n) is 7.42. The van der Waals surface area contributed by atoms with Crippen molar-refractivity contribution in [2.45, 2.75) is 42.4 Å². The monoisotopic (exact) mass is 423 g/mol. The van der Waals surface area contributed by atoms with Gasteiger partial charge >= 0.3 is 0 Å². The van der Waals surface area contributed by atoms with Gasteiger partial charge < -0.3 is 9.47 Å². The van der Waals surface area contributed by atoms with E-state index >= 15 is 0 Å². The van der Waals surface area contributed by atoms with Crippen LogP contribution in [0.1, 0.15) is 34.3 Å². The maximum Gasteiger partial charge on any atom is 0.284 e. The predicted octanol–water partition coefficient (Wildman–Crippen LogP) is 3.99. The fourth-order valence-corrected chi connectivity index (χ4v) is 4.00. The third-order valence-electron chi connectivity index (χ3n) is 5.00. The minimum atomic E-state index is -0.461. The second-order valence-corrected chi connectivity index (χ2v) is 8.43. The highest BCUT2D eigenvalue weighted by Crippen LogP contribution is 2.35. The van der Waals surface area contributed by atoms with Crippen LogP contribution in [-0.4, -0.2) is 36.5 Å². The molecule has 0 bridgehead atoms. The number of aryl methyl sites for hydroxylation is 2. The van der Waals surface area contributed by atoms with Crippen molar-refractivity contribution in [2.75, 3.05) is 0 Å². The second kappa shape index (κ2) is 8.27. The SMILES string of the molecule is Cc1ccc(CN(C(=O)c2ccc(Sc3nncn3C)c([N+](=O)[O-])c2)C2CC2)cc1. The maximum absolute atomic E-state index is 13.2. The van der Waals surface area contributed by atoms with Crippen LogP contribution in [0.15, 0.2) is 58.8 Å². The van der Waals surface area contributed by atoms with E-state index in [9.17, 15) is 14.9 Å². The van der Waals surface area contributed by atoms with Crippen LogP contribution in [0.25, 0.3) is 0 Å². The van der Waals surface area contributed by atoms with Crippen LogP contribution >= 0.6 is 11.8 Å². The van der Waals surface area contributed by atoms with Gasteiger partial charge in [0.05, 0.1) is 9.82 Å². The minimum absolute atomic E-state index is 0.111. The first-order chi connectivity index (χ1) is 14.4. The lowest BCUT2D eigenvalue weighted by Gasteiger charge is -2.23. The summed E-state index contributed by atoms with van der Waals surface area (Å²) in [5.74, 6) is -0.184. The predicted molar refractivity (Wildman–Crippen MR) is 112 cm³/mol. The molecule has 0 saturated heterocycles. The topological polar surface area (TPSA) is 94.2 Å². The normalized spacial score (nSPS) is 13.3. The number of benzene rings is 2. The van der Waals surface area contributed by atoms with E-state index in [1.54, 1.807) is 23.7 Å². The maximum atomic E-state index is 13.2. The highest BCUT2D eigenvalue weighted by Gasteiger charge is 2.34. The Balaban J connectivity index is 1.60. The number of nitrogens with zero attached hydrogens (tertiary/aromatic N) is 5. The average molecular weight is 423 g/mol. The van der Waals surface area contributed by atoms with Crippen molar-refractivity contribution >= 4 is 23.4 Å². The molecule has 1 heterocycles. The highest BCUT2D eigenvalue weighted by molar-refractivity contribution is 7.99. The van der Waals surface area contributed by atoms with Crippen molar-refractivity contribution in [2.24, 2.45) is 7.05 Å². The molecule has 0 N–H and O–H groups in total. The van der Waals surface area contributed by atoms with Gasteiger partial charge in [-0.1, -0.05) is 29.8 Å². The molecule has 0 aliphatic heterocycles. The zero-order valence-electron chi connectivity index (χ0n) is 16.7. The van der Waals surface area contributed by atoms with E-state index in [2.05, 4.69) is 10.2 Å². The molecule has 154 valence electrons. The van der Waals surface area contributed by atoms with Crippen molar-refractivity contribution < 1.29 is 9.72 Å². The molecule has 30 heavy (non-hydrogen) atoms. The molecule has 1 aliphatic carbocycles. The molecule has 2 aromatic carbocycles. The van der Waals surface area contributed by atoms with Crippen LogP contribution in [0.4, 0.5) is 5.69 Å². The van der Waals surface area contributed by atoms with Crippen LogP contribution < -0.4 is 0 Å². The first-order valence-corrected chi connectivity index (χ1v) is 10.4. The van der Waals surface area contributed by atoms with Gasteiger partial charge in [-0.15, -0.1) is 10.2 Å². The van der Waals surface area contributed by atoms with Crippen LogP contribution in [0.5, 0.6) is 0 Å². The van der Waals surface area contributed by atoms with Crippen LogP contribution in [0.2, 0.25) is 0 Å². The fourth-order valence-electron chi connectivity index (χ4n) is 3.15. The summed E-state index contributed by atoms with van der Waals surface area (Å²) < 4.78 is 1.68. The first kappa shape index (κ1) is 20.1. The zero-order chi connectivity index (χ0) is 21.3. The Hall–Kier alpha value is -3.20. The fraction of sp³-hybridized carbons (Fsp3) is 0.286. The Morgan fingerprint density at radius 3 is 2.60 bits per heavy atom. The molecule has 9 heteroatoms. The van der Waals surface area contributed by atoms with E-state index in [1.165, 1.54) is 12.4 Å². The molecule has 1 aliphatic rings. The Morgan fingerprint density at radius 1 is 1.27 bits per heavy atom. The molecule has 8 nitrogen and oxygen atoms in total. The first-order valence-electron chi connectivity index (χ1n) is 9.59. The van der Waals surface area contributed by atoms with Crippen molar-refractivity contribution in [3.05, 3.63) is 75.6 Å². The summed E-state index contributed by atoms with van der Waals surface area (Å²) in [7, 11) is 1.77. The van der Waals surface area contributed by atoms with Crippen molar-refractivity contribution in [1.82, 2.24) is 19.7 Å². The van der Waals surface area contributed by atoms with E-state index in [0.717, 1.165) is 35.7 Å². The van der Waals surface area contributed by atoms with Gasteiger partial charge in [0.25, 0.3) is 11.6 Å². The van der Waals surface area contributed by atoms with Crippen LogP contribution in [0, 0.1) is 17.0 Å². The number of nitro benzene ring substituents is 1. The zero-order valence-corrected chi connectivity index (χ0v) is 17.5. The van der Waals surface area contributed by atoms with E-state index in [0.29, 0.717) is 22.2 Å². The molecular weight excluding hydrogens is 402 g/mol. The van der Waals surface area contributed by atoms with Gasteiger partial charge in [0.1, 0.15) is 6.33 Å². The van der Waals surface area contributed by atoms with Crippen molar-refractivity contribution in [3.8, 4) is 0 Å². The quantitative estimate of drug-likeness (QED) is 0.421. The van der Waals surface area contributed by atoms with Crippen LogP contribution in [-0.2, 0) is 13.6 Å². The molecule has 0 atom stereocenters. The van der Waals surface area contributed by atoms with Gasteiger partial charge in [-0.05, 0) is 49.2 Å². The highest BCUT2D eigenvalue weighted by atomic mass is 32.2. The number of nitro groups is 1. The van der Waals surface area contributed by atoms with Gasteiger partial charge in [-0.2, -0.15) is 0 Å². The van der Waals surface area contributed by atoms with E-state index < -0.39 is 4.92 Å². The third kappa shape index (κ3) is 4.35. The summed E-state index contributed by atoms with van der Waals surface area (Å²) in [6.45, 7) is 2.51. The lowest BCUT2D eigenvalue weighted by atomic mass is 10.1. The molecule has 0 radical (unpaired) electrons. The Labute approximate surface area is 178 Å². The van der Waals surface area contributed by atoms with Gasteiger partial charge in [0.15, 0.2) is 5.16 Å². The molecule has 0 spiro atoms. The van der Waals surface area contributed by atoms with Gasteiger partial charge in [0, 0.05) is 31.3 Å². The molecular formula is C21H21N5O3S. The van der Waals surface area contributed by atoms with Crippen LogP contribution in [0.3, 0.4) is 0 Å². The number of carbonyl (C=O) groups is 1. The molecule has 1 amide bonds. The third-order valence-corrected chi connectivity index (χ3v) is 6.11. The van der Waals surface area contributed by atoms with Gasteiger partial charge in [0.2, 0.25) is 0 Å².